The number of hydrogen-bond acceptors (Lipinski definition) is 4. The molecule has 0 aliphatic heterocycles. The van der Waals surface area contributed by atoms with E-state index in [1.54, 1.807) is 30.6 Å². The molecule has 8 nitrogen and oxygen atoms in total. The fourth-order valence-corrected chi connectivity index (χ4v) is 3.28. The summed E-state index contributed by atoms with van der Waals surface area (Å²) in [7, 11) is 0. The molecule has 0 aliphatic carbocycles. The molecule has 0 fully saturated rings. The standard InChI is InChI=1S/C21H16N2O4.C8H8O2/c24-18(25)11-5-14-1-7-16(8-2-14)20-21(23-13-22-20)17-9-3-15(4-10-17)6-12-19(26)27;1-6-2-4-7(5-3-6)8(9)10/h1-13H,(H,22,23)(H,24,25)(H,26,27);2-5H,1H3,(H,9,10)/b11-5+,12-6+;. The van der Waals surface area contributed by atoms with Crippen molar-refractivity contribution < 1.29 is 29.7 Å². The molecule has 0 atom stereocenters. The van der Waals surface area contributed by atoms with Gasteiger partial charge in [-0.1, -0.05) is 66.2 Å². The second-order valence-electron chi connectivity index (χ2n) is 7.88. The largest absolute Gasteiger partial charge is 0.478 e. The zero-order valence-corrected chi connectivity index (χ0v) is 19.8. The summed E-state index contributed by atoms with van der Waals surface area (Å²) in [4.78, 5) is 39.0. The van der Waals surface area contributed by atoms with Gasteiger partial charge in [-0.3, -0.25) is 0 Å². The lowest BCUT2D eigenvalue weighted by Gasteiger charge is -2.05. The Balaban J connectivity index is 0.000000319. The number of carboxylic acids is 3. The van der Waals surface area contributed by atoms with E-state index in [2.05, 4.69) is 9.97 Å². The maximum Gasteiger partial charge on any atom is 0.335 e. The van der Waals surface area contributed by atoms with Crippen LogP contribution in [0.4, 0.5) is 0 Å². The van der Waals surface area contributed by atoms with Gasteiger partial charge in [0.1, 0.15) is 0 Å². The van der Waals surface area contributed by atoms with Crippen LogP contribution in [0.3, 0.4) is 0 Å². The van der Waals surface area contributed by atoms with Crippen LogP contribution >= 0.6 is 0 Å². The lowest BCUT2D eigenvalue weighted by Crippen LogP contribution is -1.94. The summed E-state index contributed by atoms with van der Waals surface area (Å²) < 4.78 is 0. The third-order valence-electron chi connectivity index (χ3n) is 5.16. The van der Waals surface area contributed by atoms with Crippen molar-refractivity contribution in [2.45, 2.75) is 6.92 Å². The monoisotopic (exact) mass is 496 g/mol. The molecule has 1 aromatic heterocycles. The molecular formula is C29H24N2O6. The van der Waals surface area contributed by atoms with Crippen molar-refractivity contribution in [3.63, 3.8) is 0 Å². The number of hydrogen-bond donors (Lipinski definition) is 4. The number of H-pyrrole nitrogens is 1. The van der Waals surface area contributed by atoms with Crippen LogP contribution < -0.4 is 0 Å². The van der Waals surface area contributed by atoms with Gasteiger partial charge in [0.25, 0.3) is 0 Å². The van der Waals surface area contributed by atoms with E-state index in [-0.39, 0.29) is 0 Å². The fraction of sp³-hybridized carbons (Fsp3) is 0.0345. The number of aryl methyl sites for hydroxylation is 1. The minimum Gasteiger partial charge on any atom is -0.478 e. The number of aromatic amines is 1. The maximum absolute atomic E-state index is 10.6. The number of carbonyl (C=O) groups is 3. The highest BCUT2D eigenvalue weighted by Crippen LogP contribution is 2.29. The Bertz CT molecular complexity index is 1350. The Hall–Kier alpha value is -5.24. The molecule has 37 heavy (non-hydrogen) atoms. The SMILES string of the molecule is Cc1ccc(C(=O)O)cc1.O=C(O)/C=C/c1ccc(-c2nc[nH]c2-c2ccc(/C=C/C(=O)O)cc2)cc1. The van der Waals surface area contributed by atoms with Crippen LogP contribution in [0.1, 0.15) is 27.0 Å². The Morgan fingerprint density at radius 1 is 0.703 bits per heavy atom. The Labute approximate surface area is 212 Å². The predicted octanol–water partition coefficient (Wildman–Crippen LogP) is 5.63. The van der Waals surface area contributed by atoms with E-state index in [0.29, 0.717) is 5.56 Å². The zero-order chi connectivity index (χ0) is 26.8. The summed E-state index contributed by atoms with van der Waals surface area (Å²) in [6, 6.07) is 21.6. The maximum atomic E-state index is 10.6. The summed E-state index contributed by atoms with van der Waals surface area (Å²) in [5, 5.41) is 25.9. The second kappa shape index (κ2) is 12.5. The third-order valence-corrected chi connectivity index (χ3v) is 5.16. The van der Waals surface area contributed by atoms with Gasteiger partial charge in [-0.2, -0.15) is 0 Å². The van der Waals surface area contributed by atoms with Crippen molar-refractivity contribution in [3.8, 4) is 22.5 Å². The molecule has 4 aromatic rings. The van der Waals surface area contributed by atoms with Crippen LogP contribution in [0, 0.1) is 6.92 Å². The highest BCUT2D eigenvalue weighted by molar-refractivity contribution is 5.88. The van der Waals surface area contributed by atoms with Gasteiger partial charge in [0.05, 0.1) is 23.3 Å². The molecule has 0 bridgehead atoms. The van der Waals surface area contributed by atoms with Crippen molar-refractivity contribution >= 4 is 30.1 Å². The van der Waals surface area contributed by atoms with Crippen LogP contribution in [0.25, 0.3) is 34.7 Å². The zero-order valence-electron chi connectivity index (χ0n) is 19.8. The molecule has 0 unspecified atom stereocenters. The quantitative estimate of drug-likeness (QED) is 0.243. The number of aromatic carboxylic acids is 1. The number of nitrogens with zero attached hydrogens (tertiary/aromatic N) is 1. The molecule has 1 heterocycles. The molecule has 3 aromatic carbocycles. The summed E-state index contributed by atoms with van der Waals surface area (Å²) in [6.07, 6.45) is 6.86. The number of aromatic nitrogens is 2. The van der Waals surface area contributed by atoms with Crippen molar-refractivity contribution in [1.82, 2.24) is 9.97 Å². The Morgan fingerprint density at radius 2 is 1.19 bits per heavy atom. The average molecular weight is 497 g/mol. The van der Waals surface area contributed by atoms with E-state index in [0.717, 1.165) is 51.4 Å². The number of nitrogens with one attached hydrogen (secondary N) is 1. The predicted molar refractivity (Wildman–Crippen MR) is 141 cm³/mol. The molecule has 0 aliphatic rings. The van der Waals surface area contributed by atoms with Gasteiger partial charge in [-0.05, 0) is 42.3 Å². The van der Waals surface area contributed by atoms with Crippen molar-refractivity contribution in [3.05, 3.63) is 114 Å². The van der Waals surface area contributed by atoms with Crippen molar-refractivity contribution in [1.29, 1.82) is 0 Å². The molecule has 0 amide bonds. The average Bonchev–Trinajstić information content (AvgIpc) is 3.37. The first-order valence-electron chi connectivity index (χ1n) is 11.1. The van der Waals surface area contributed by atoms with Crippen molar-refractivity contribution in [2.75, 3.05) is 0 Å². The van der Waals surface area contributed by atoms with E-state index >= 15 is 0 Å². The topological polar surface area (TPSA) is 141 Å². The molecule has 186 valence electrons. The molecule has 4 rings (SSSR count). The highest BCUT2D eigenvalue weighted by atomic mass is 16.4. The fourth-order valence-electron chi connectivity index (χ4n) is 3.28. The van der Waals surface area contributed by atoms with Gasteiger partial charge < -0.3 is 20.3 Å². The second-order valence-corrected chi connectivity index (χ2v) is 7.88. The first-order chi connectivity index (χ1) is 17.7. The molecular weight excluding hydrogens is 472 g/mol. The van der Waals surface area contributed by atoms with Gasteiger partial charge in [-0.25, -0.2) is 19.4 Å². The third kappa shape index (κ3) is 7.90. The van der Waals surface area contributed by atoms with Crippen LogP contribution in [-0.4, -0.2) is 43.2 Å². The van der Waals surface area contributed by atoms with Gasteiger partial charge in [-0.15, -0.1) is 0 Å². The van der Waals surface area contributed by atoms with Gasteiger partial charge in [0, 0.05) is 23.3 Å². The van der Waals surface area contributed by atoms with Gasteiger partial charge in [0.2, 0.25) is 0 Å². The van der Waals surface area contributed by atoms with E-state index < -0.39 is 17.9 Å². The number of rotatable bonds is 7. The molecule has 0 radical (unpaired) electrons. The lowest BCUT2D eigenvalue weighted by atomic mass is 10.0. The van der Waals surface area contributed by atoms with E-state index in [1.165, 1.54) is 12.2 Å². The first-order valence-corrected chi connectivity index (χ1v) is 11.1. The summed E-state index contributed by atoms with van der Waals surface area (Å²) in [5.41, 5.74) is 6.42. The first kappa shape index (κ1) is 26.4. The van der Waals surface area contributed by atoms with E-state index in [1.807, 2.05) is 55.5 Å². The lowest BCUT2D eigenvalue weighted by molar-refractivity contribution is -0.132. The van der Waals surface area contributed by atoms with Crippen molar-refractivity contribution in [2.24, 2.45) is 0 Å². The molecule has 8 heteroatoms. The highest BCUT2D eigenvalue weighted by Gasteiger charge is 2.10. The number of aliphatic carboxylic acids is 2. The molecule has 0 saturated carbocycles. The van der Waals surface area contributed by atoms with Gasteiger partial charge in [0.15, 0.2) is 0 Å². The molecule has 0 saturated heterocycles. The summed E-state index contributed by atoms with van der Waals surface area (Å²) in [6.45, 7) is 1.92. The van der Waals surface area contributed by atoms with E-state index in [9.17, 15) is 14.4 Å². The molecule has 0 spiro atoms. The van der Waals surface area contributed by atoms with Crippen LogP contribution in [0.2, 0.25) is 0 Å². The van der Waals surface area contributed by atoms with Crippen LogP contribution in [0.5, 0.6) is 0 Å². The minimum atomic E-state index is -0.990. The van der Waals surface area contributed by atoms with E-state index in [4.69, 9.17) is 15.3 Å². The molecule has 4 N–H and O–H groups in total. The summed E-state index contributed by atoms with van der Waals surface area (Å²) >= 11 is 0. The number of carboxylic acid groups (broad SMARTS) is 3. The van der Waals surface area contributed by atoms with Crippen LogP contribution in [-0.2, 0) is 9.59 Å². The summed E-state index contributed by atoms with van der Waals surface area (Å²) in [5.74, 6) is -2.85. The smallest absolute Gasteiger partial charge is 0.335 e. The normalized spacial score (nSPS) is 10.7. The number of imidazole rings is 1. The van der Waals surface area contributed by atoms with Gasteiger partial charge >= 0.3 is 17.9 Å². The van der Waals surface area contributed by atoms with Crippen LogP contribution in [0.15, 0.2) is 91.3 Å². The minimum absolute atomic E-state index is 0.339. The Kier molecular flexibility index (Phi) is 8.88. The Morgan fingerprint density at radius 3 is 1.65 bits per heavy atom. The number of benzene rings is 3.